The molecule has 2 saturated heterocycles. The van der Waals surface area contributed by atoms with Crippen molar-refractivity contribution in [2.45, 2.75) is 44.6 Å². The van der Waals surface area contributed by atoms with Gasteiger partial charge in [-0.15, -0.1) is 17.5 Å². The Labute approximate surface area is 181 Å². The normalized spacial score (nSPS) is 20.3. The first-order valence-electron chi connectivity index (χ1n) is 10.5. The van der Waals surface area contributed by atoms with Crippen LogP contribution in [0.4, 0.5) is 0 Å². The summed E-state index contributed by atoms with van der Waals surface area (Å²) in [4.78, 5) is 19.7. The fraction of sp³-hybridized carbons (Fsp3) is 0.524. The maximum absolute atomic E-state index is 13.2. The molecule has 8 nitrogen and oxygen atoms in total. The zero-order valence-corrected chi connectivity index (χ0v) is 17.9. The van der Waals surface area contributed by atoms with E-state index in [1.807, 2.05) is 40.8 Å². The standard InChI is InChI=1S/C21H26N6O2.ClH/c1-14-19(24-25-27(14)16-8-10-22-11-9-16)21(28)26-12-4-5-15(13-26)20-23-17-6-2-3-7-18(17)29-20;/h2-3,6-7,15-16,22H,4-5,8-13H2,1H3;1H. The minimum Gasteiger partial charge on any atom is -0.440 e. The summed E-state index contributed by atoms with van der Waals surface area (Å²) < 4.78 is 7.90. The molecule has 0 spiro atoms. The number of aromatic nitrogens is 4. The highest BCUT2D eigenvalue weighted by atomic mass is 35.5. The number of hydrogen-bond acceptors (Lipinski definition) is 6. The molecule has 1 N–H and O–H groups in total. The first kappa shape index (κ1) is 20.8. The van der Waals surface area contributed by atoms with Crippen molar-refractivity contribution in [2.75, 3.05) is 26.2 Å². The van der Waals surface area contributed by atoms with Crippen molar-refractivity contribution < 1.29 is 9.21 Å². The van der Waals surface area contributed by atoms with Crippen molar-refractivity contribution in [3.8, 4) is 0 Å². The van der Waals surface area contributed by atoms with Gasteiger partial charge in [-0.2, -0.15) is 0 Å². The number of halogens is 1. The van der Waals surface area contributed by atoms with Gasteiger partial charge in [0.2, 0.25) is 0 Å². The molecule has 2 aliphatic rings. The minimum absolute atomic E-state index is 0. The van der Waals surface area contributed by atoms with Crippen molar-refractivity contribution in [3.63, 3.8) is 0 Å². The number of hydrogen-bond donors (Lipinski definition) is 1. The third-order valence-corrected chi connectivity index (χ3v) is 6.15. The first-order valence-corrected chi connectivity index (χ1v) is 10.5. The fourth-order valence-electron chi connectivity index (χ4n) is 4.51. The van der Waals surface area contributed by atoms with E-state index in [2.05, 4.69) is 20.6 Å². The Bertz CT molecular complexity index is 993. The van der Waals surface area contributed by atoms with Crippen LogP contribution in [0, 0.1) is 6.92 Å². The molecule has 9 heteroatoms. The molecule has 0 bridgehead atoms. The van der Waals surface area contributed by atoms with E-state index in [1.54, 1.807) is 0 Å². The summed E-state index contributed by atoms with van der Waals surface area (Å²) in [6.07, 6.45) is 3.93. The molecular weight excluding hydrogens is 404 g/mol. The molecule has 1 amide bonds. The van der Waals surface area contributed by atoms with Gasteiger partial charge >= 0.3 is 0 Å². The van der Waals surface area contributed by atoms with Crippen molar-refractivity contribution >= 4 is 29.4 Å². The van der Waals surface area contributed by atoms with E-state index in [0.29, 0.717) is 18.3 Å². The molecule has 30 heavy (non-hydrogen) atoms. The van der Waals surface area contributed by atoms with Crippen LogP contribution in [0.15, 0.2) is 28.7 Å². The van der Waals surface area contributed by atoms with E-state index in [-0.39, 0.29) is 24.2 Å². The molecule has 1 unspecified atom stereocenters. The molecule has 2 aromatic heterocycles. The van der Waals surface area contributed by atoms with Crippen molar-refractivity contribution in [2.24, 2.45) is 0 Å². The van der Waals surface area contributed by atoms with E-state index < -0.39 is 0 Å². The lowest BCUT2D eigenvalue weighted by molar-refractivity contribution is 0.0692. The average molecular weight is 431 g/mol. The predicted octanol–water partition coefficient (Wildman–Crippen LogP) is 3.09. The van der Waals surface area contributed by atoms with Crippen LogP contribution in [0.1, 0.15) is 59.7 Å². The van der Waals surface area contributed by atoms with E-state index in [0.717, 1.165) is 68.0 Å². The van der Waals surface area contributed by atoms with Crippen LogP contribution in [-0.2, 0) is 0 Å². The Hall–Kier alpha value is -2.45. The lowest BCUT2D eigenvalue weighted by atomic mass is 9.97. The lowest BCUT2D eigenvalue weighted by Gasteiger charge is -2.31. The number of amides is 1. The molecule has 0 radical (unpaired) electrons. The third-order valence-electron chi connectivity index (χ3n) is 6.15. The Balaban J connectivity index is 0.00000218. The molecule has 0 aliphatic carbocycles. The van der Waals surface area contributed by atoms with Gasteiger partial charge in [-0.25, -0.2) is 9.67 Å². The second-order valence-corrected chi connectivity index (χ2v) is 8.06. The quantitative estimate of drug-likeness (QED) is 0.686. The Morgan fingerprint density at radius 1 is 1.20 bits per heavy atom. The van der Waals surface area contributed by atoms with Crippen LogP contribution in [0.5, 0.6) is 0 Å². The largest absolute Gasteiger partial charge is 0.440 e. The van der Waals surface area contributed by atoms with Crippen LogP contribution < -0.4 is 5.32 Å². The van der Waals surface area contributed by atoms with Gasteiger partial charge in [0.25, 0.3) is 5.91 Å². The number of fused-ring (bicyclic) bond motifs is 1. The summed E-state index contributed by atoms with van der Waals surface area (Å²) in [5.41, 5.74) is 3.01. The topological polar surface area (TPSA) is 89.1 Å². The van der Waals surface area contributed by atoms with Gasteiger partial charge in [-0.05, 0) is 57.8 Å². The minimum atomic E-state index is -0.0384. The molecule has 0 saturated carbocycles. The smallest absolute Gasteiger partial charge is 0.276 e. The predicted molar refractivity (Wildman–Crippen MR) is 115 cm³/mol. The maximum atomic E-state index is 13.2. The zero-order chi connectivity index (χ0) is 19.8. The highest BCUT2D eigenvalue weighted by molar-refractivity contribution is 5.93. The Kier molecular flexibility index (Phi) is 6.06. The zero-order valence-electron chi connectivity index (χ0n) is 17.1. The molecule has 1 atom stereocenters. The van der Waals surface area contributed by atoms with E-state index in [1.165, 1.54) is 0 Å². The van der Waals surface area contributed by atoms with E-state index >= 15 is 0 Å². The second-order valence-electron chi connectivity index (χ2n) is 8.06. The average Bonchev–Trinajstić information content (AvgIpc) is 3.37. The number of likely N-dealkylation sites (tertiary alicyclic amines) is 1. The van der Waals surface area contributed by atoms with Crippen molar-refractivity contribution in [1.29, 1.82) is 0 Å². The highest BCUT2D eigenvalue weighted by Gasteiger charge is 2.31. The van der Waals surface area contributed by atoms with Crippen LogP contribution in [-0.4, -0.2) is 57.0 Å². The molecule has 4 heterocycles. The van der Waals surface area contributed by atoms with Crippen LogP contribution >= 0.6 is 12.4 Å². The lowest BCUT2D eigenvalue weighted by Crippen LogP contribution is -2.39. The number of para-hydroxylation sites is 2. The number of benzene rings is 1. The van der Waals surface area contributed by atoms with Gasteiger partial charge in [0.1, 0.15) is 5.52 Å². The molecule has 3 aromatic rings. The third kappa shape index (κ3) is 3.81. The van der Waals surface area contributed by atoms with Gasteiger partial charge in [-0.1, -0.05) is 17.3 Å². The number of oxazole rings is 1. The SMILES string of the molecule is Cc1c(C(=O)N2CCCC(c3nc4ccccc4o3)C2)nnn1C1CCNCC1.Cl. The Morgan fingerprint density at radius 3 is 2.80 bits per heavy atom. The first-order chi connectivity index (χ1) is 14.2. The van der Waals surface area contributed by atoms with Crippen LogP contribution in [0.3, 0.4) is 0 Å². The van der Waals surface area contributed by atoms with Gasteiger partial charge < -0.3 is 14.6 Å². The van der Waals surface area contributed by atoms with Crippen LogP contribution in [0.2, 0.25) is 0 Å². The molecule has 2 fully saturated rings. The fourth-order valence-corrected chi connectivity index (χ4v) is 4.51. The highest BCUT2D eigenvalue weighted by Crippen LogP contribution is 2.30. The Morgan fingerprint density at radius 2 is 2.00 bits per heavy atom. The summed E-state index contributed by atoms with van der Waals surface area (Å²) in [6.45, 7) is 5.25. The summed E-state index contributed by atoms with van der Waals surface area (Å²) in [5, 5.41) is 11.9. The summed E-state index contributed by atoms with van der Waals surface area (Å²) in [5.74, 6) is 0.794. The number of carbonyl (C=O) groups is 1. The monoisotopic (exact) mass is 430 g/mol. The summed E-state index contributed by atoms with van der Waals surface area (Å²) >= 11 is 0. The summed E-state index contributed by atoms with van der Waals surface area (Å²) in [7, 11) is 0. The van der Waals surface area contributed by atoms with Crippen molar-refractivity contribution in [3.05, 3.63) is 41.5 Å². The molecule has 2 aliphatic heterocycles. The number of carbonyl (C=O) groups excluding carboxylic acids is 1. The number of rotatable bonds is 3. The second kappa shape index (κ2) is 8.73. The van der Waals surface area contributed by atoms with Gasteiger partial charge in [0.15, 0.2) is 17.2 Å². The summed E-state index contributed by atoms with van der Waals surface area (Å²) in [6, 6.07) is 8.11. The maximum Gasteiger partial charge on any atom is 0.276 e. The molecular formula is C21H27ClN6O2. The van der Waals surface area contributed by atoms with Crippen LogP contribution in [0.25, 0.3) is 11.1 Å². The molecule has 1 aromatic carbocycles. The molecule has 5 rings (SSSR count). The number of nitrogens with zero attached hydrogens (tertiary/aromatic N) is 5. The van der Waals surface area contributed by atoms with Gasteiger partial charge in [-0.3, -0.25) is 4.79 Å². The van der Waals surface area contributed by atoms with E-state index in [9.17, 15) is 4.79 Å². The van der Waals surface area contributed by atoms with Gasteiger partial charge in [0.05, 0.1) is 17.7 Å². The number of nitrogens with one attached hydrogen (secondary N) is 1. The number of piperidine rings is 2. The van der Waals surface area contributed by atoms with E-state index in [4.69, 9.17) is 4.42 Å². The van der Waals surface area contributed by atoms with Crippen molar-refractivity contribution in [1.82, 2.24) is 30.2 Å². The molecule has 160 valence electrons. The van der Waals surface area contributed by atoms with Gasteiger partial charge in [0, 0.05) is 13.1 Å².